The van der Waals surface area contributed by atoms with Gasteiger partial charge in [-0.3, -0.25) is 9.59 Å². The summed E-state index contributed by atoms with van der Waals surface area (Å²) in [5.41, 5.74) is 0.860. The Morgan fingerprint density at radius 3 is 2.79 bits per heavy atom. The van der Waals surface area contributed by atoms with Gasteiger partial charge in [-0.1, -0.05) is 12.1 Å². The highest BCUT2D eigenvalue weighted by Crippen LogP contribution is 2.27. The summed E-state index contributed by atoms with van der Waals surface area (Å²) in [6.07, 6.45) is 0. The number of H-pyrrole nitrogens is 1. The van der Waals surface area contributed by atoms with E-state index >= 15 is 0 Å². The van der Waals surface area contributed by atoms with Crippen LogP contribution in [0.1, 0.15) is 24.2 Å². The summed E-state index contributed by atoms with van der Waals surface area (Å²) in [5.74, 6) is 0.373. The lowest BCUT2D eigenvalue weighted by Crippen LogP contribution is -2.17. The number of ketones is 1. The average Bonchev–Trinajstić information content (AvgIpc) is 2.40. The minimum absolute atomic E-state index is 0.0938. The summed E-state index contributed by atoms with van der Waals surface area (Å²) in [4.78, 5) is 22.9. The van der Waals surface area contributed by atoms with Crippen LogP contribution >= 0.6 is 0 Å². The molecule has 0 aliphatic carbocycles. The Kier molecular flexibility index (Phi) is 3.75. The number of aromatic amines is 1. The van der Waals surface area contributed by atoms with E-state index in [-0.39, 0.29) is 11.3 Å². The third-order valence-electron chi connectivity index (χ3n) is 2.65. The van der Waals surface area contributed by atoms with Crippen LogP contribution in [-0.2, 0) is 0 Å². The number of aromatic nitrogens is 2. The van der Waals surface area contributed by atoms with Crippen LogP contribution in [0.2, 0.25) is 0 Å². The number of rotatable bonds is 4. The lowest BCUT2D eigenvalue weighted by Gasteiger charge is -2.09. The van der Waals surface area contributed by atoms with E-state index in [1.165, 1.54) is 13.0 Å². The molecule has 0 spiro atoms. The van der Waals surface area contributed by atoms with Gasteiger partial charge in [-0.25, -0.2) is 5.10 Å². The van der Waals surface area contributed by atoms with Gasteiger partial charge in [0, 0.05) is 5.56 Å². The average molecular weight is 258 g/mol. The summed E-state index contributed by atoms with van der Waals surface area (Å²) in [5, 5.41) is 6.30. The van der Waals surface area contributed by atoms with Crippen molar-refractivity contribution >= 4 is 5.78 Å². The molecule has 19 heavy (non-hydrogen) atoms. The molecule has 5 nitrogen and oxygen atoms in total. The van der Waals surface area contributed by atoms with Crippen molar-refractivity contribution in [3.63, 3.8) is 0 Å². The van der Waals surface area contributed by atoms with Crippen molar-refractivity contribution in [2.75, 3.05) is 6.61 Å². The number of carbonyl (C=O) groups is 1. The van der Waals surface area contributed by atoms with Gasteiger partial charge in [-0.05, 0) is 32.0 Å². The number of hydrogen-bond donors (Lipinski definition) is 1. The molecule has 98 valence electrons. The maximum atomic E-state index is 11.5. The first kappa shape index (κ1) is 13.0. The van der Waals surface area contributed by atoms with Gasteiger partial charge in [0.25, 0.3) is 5.56 Å². The molecular formula is C14H14N2O3. The molecule has 1 aromatic heterocycles. The quantitative estimate of drug-likeness (QED) is 0.852. The monoisotopic (exact) mass is 258 g/mol. The Morgan fingerprint density at radius 2 is 2.11 bits per heavy atom. The second-order valence-electron chi connectivity index (χ2n) is 3.98. The van der Waals surface area contributed by atoms with E-state index in [0.29, 0.717) is 18.1 Å². The number of para-hydroxylation sites is 1. The second-order valence-corrected chi connectivity index (χ2v) is 3.98. The normalized spacial score (nSPS) is 10.2. The van der Waals surface area contributed by atoms with Gasteiger partial charge in [-0.15, -0.1) is 0 Å². The Morgan fingerprint density at radius 1 is 1.37 bits per heavy atom. The molecule has 2 aromatic rings. The van der Waals surface area contributed by atoms with E-state index in [9.17, 15) is 9.59 Å². The zero-order valence-electron chi connectivity index (χ0n) is 10.8. The van der Waals surface area contributed by atoms with Gasteiger partial charge < -0.3 is 4.74 Å². The lowest BCUT2D eigenvalue weighted by atomic mass is 10.1. The maximum absolute atomic E-state index is 11.5. The van der Waals surface area contributed by atoms with E-state index in [2.05, 4.69) is 10.2 Å². The van der Waals surface area contributed by atoms with Crippen LogP contribution in [0, 0.1) is 0 Å². The van der Waals surface area contributed by atoms with E-state index in [1.54, 1.807) is 0 Å². The first-order chi connectivity index (χ1) is 9.13. The summed E-state index contributed by atoms with van der Waals surface area (Å²) < 4.78 is 5.51. The fourth-order valence-electron chi connectivity index (χ4n) is 1.76. The number of nitrogens with one attached hydrogen (secondary N) is 1. The predicted octanol–water partition coefficient (Wildman–Crippen LogP) is 2.04. The topological polar surface area (TPSA) is 72.1 Å². The summed E-state index contributed by atoms with van der Waals surface area (Å²) >= 11 is 0. The van der Waals surface area contributed by atoms with Crippen molar-refractivity contribution in [3.8, 4) is 17.0 Å². The van der Waals surface area contributed by atoms with Crippen molar-refractivity contribution in [1.29, 1.82) is 0 Å². The number of benzene rings is 1. The third kappa shape index (κ3) is 2.70. The van der Waals surface area contributed by atoms with Crippen LogP contribution in [0.3, 0.4) is 0 Å². The van der Waals surface area contributed by atoms with Gasteiger partial charge in [0.05, 0.1) is 17.9 Å². The first-order valence-electron chi connectivity index (χ1n) is 5.96. The molecule has 5 heteroatoms. The highest BCUT2D eigenvalue weighted by Gasteiger charge is 2.12. The van der Waals surface area contributed by atoms with Crippen molar-refractivity contribution in [3.05, 3.63) is 46.2 Å². The minimum atomic E-state index is -0.481. The van der Waals surface area contributed by atoms with Crippen molar-refractivity contribution < 1.29 is 9.53 Å². The van der Waals surface area contributed by atoms with E-state index in [1.807, 2.05) is 31.2 Å². The summed E-state index contributed by atoms with van der Waals surface area (Å²) in [7, 11) is 0. The predicted molar refractivity (Wildman–Crippen MR) is 71.5 cm³/mol. The fraction of sp³-hybridized carbons (Fsp3) is 0.214. The first-order valence-corrected chi connectivity index (χ1v) is 5.96. The minimum Gasteiger partial charge on any atom is -0.493 e. The SMILES string of the molecule is CCOc1ccccc1-c1cc(C(C)=O)c(=O)[nH]n1. The lowest BCUT2D eigenvalue weighted by molar-refractivity contribution is 0.101. The van der Waals surface area contributed by atoms with Crippen LogP contribution in [0.15, 0.2) is 35.1 Å². The van der Waals surface area contributed by atoms with Gasteiger partial charge in [-0.2, -0.15) is 5.10 Å². The summed E-state index contributed by atoms with van der Waals surface area (Å²) in [6, 6.07) is 8.83. The zero-order chi connectivity index (χ0) is 13.8. The van der Waals surface area contributed by atoms with Crippen molar-refractivity contribution in [2.24, 2.45) is 0 Å². The van der Waals surface area contributed by atoms with Gasteiger partial charge in [0.15, 0.2) is 5.78 Å². The number of Topliss-reactive ketones (excluding diaryl/α,β-unsaturated/α-hetero) is 1. The van der Waals surface area contributed by atoms with E-state index < -0.39 is 5.56 Å². The van der Waals surface area contributed by atoms with Gasteiger partial charge >= 0.3 is 0 Å². The molecule has 0 unspecified atom stereocenters. The van der Waals surface area contributed by atoms with E-state index in [4.69, 9.17) is 4.74 Å². The number of ether oxygens (including phenoxy) is 1. The number of hydrogen-bond acceptors (Lipinski definition) is 4. The molecule has 0 aliphatic rings. The van der Waals surface area contributed by atoms with Crippen LogP contribution < -0.4 is 10.3 Å². The molecule has 0 fully saturated rings. The molecule has 0 saturated heterocycles. The molecule has 1 heterocycles. The third-order valence-corrected chi connectivity index (χ3v) is 2.65. The van der Waals surface area contributed by atoms with Crippen molar-refractivity contribution in [2.45, 2.75) is 13.8 Å². The van der Waals surface area contributed by atoms with Crippen molar-refractivity contribution in [1.82, 2.24) is 10.2 Å². The fourth-order valence-corrected chi connectivity index (χ4v) is 1.76. The highest BCUT2D eigenvalue weighted by atomic mass is 16.5. The molecule has 1 aromatic carbocycles. The molecule has 0 bridgehead atoms. The highest BCUT2D eigenvalue weighted by molar-refractivity contribution is 5.94. The zero-order valence-corrected chi connectivity index (χ0v) is 10.8. The molecule has 0 amide bonds. The maximum Gasteiger partial charge on any atom is 0.275 e. The van der Waals surface area contributed by atoms with Gasteiger partial charge in [0.1, 0.15) is 5.75 Å². The standard InChI is InChI=1S/C14H14N2O3/c1-3-19-13-7-5-4-6-10(13)12-8-11(9(2)17)14(18)16-15-12/h4-8H,3H2,1-2H3,(H,16,18). The molecule has 0 saturated carbocycles. The Hall–Kier alpha value is -2.43. The van der Waals surface area contributed by atoms with E-state index in [0.717, 1.165) is 5.56 Å². The Bertz CT molecular complexity index is 662. The Labute approximate surface area is 110 Å². The largest absolute Gasteiger partial charge is 0.493 e. The van der Waals surface area contributed by atoms with Crippen LogP contribution in [0.25, 0.3) is 11.3 Å². The number of carbonyl (C=O) groups excluding carboxylic acids is 1. The molecule has 2 rings (SSSR count). The summed E-state index contributed by atoms with van der Waals surface area (Å²) in [6.45, 7) is 3.76. The molecular weight excluding hydrogens is 244 g/mol. The van der Waals surface area contributed by atoms with Crippen LogP contribution in [0.4, 0.5) is 0 Å². The Balaban J connectivity index is 2.56. The second kappa shape index (κ2) is 5.48. The molecule has 0 aliphatic heterocycles. The van der Waals surface area contributed by atoms with Crippen LogP contribution in [-0.4, -0.2) is 22.6 Å². The molecule has 0 radical (unpaired) electrons. The molecule has 0 atom stereocenters. The van der Waals surface area contributed by atoms with Gasteiger partial charge in [0.2, 0.25) is 0 Å². The number of nitrogens with zero attached hydrogens (tertiary/aromatic N) is 1. The smallest absolute Gasteiger partial charge is 0.275 e. The molecule has 1 N–H and O–H groups in total. The van der Waals surface area contributed by atoms with Crippen LogP contribution in [0.5, 0.6) is 5.75 Å².